The predicted octanol–water partition coefficient (Wildman–Crippen LogP) is 0.992. The van der Waals surface area contributed by atoms with Crippen molar-refractivity contribution in [2.45, 2.75) is 50.3 Å². The summed E-state index contributed by atoms with van der Waals surface area (Å²) in [6.45, 7) is 4.49. The van der Waals surface area contributed by atoms with Crippen LogP contribution in [0.4, 0.5) is 0 Å². The van der Waals surface area contributed by atoms with E-state index in [0.717, 1.165) is 31.8 Å². The molecule has 3 rings (SSSR count). The lowest BCUT2D eigenvalue weighted by Gasteiger charge is -2.37. The highest BCUT2D eigenvalue weighted by molar-refractivity contribution is 4.87. The molecule has 0 amide bonds. The molecule has 0 aromatic rings. The number of ether oxygens (including phenoxy) is 1. The molecule has 0 aromatic heterocycles. The van der Waals surface area contributed by atoms with E-state index in [1.807, 2.05) is 0 Å². The zero-order valence-electron chi connectivity index (χ0n) is 9.45. The zero-order chi connectivity index (χ0) is 10.1. The van der Waals surface area contributed by atoms with E-state index in [0.29, 0.717) is 6.10 Å². The molecular weight excluding hydrogens is 188 g/mol. The minimum Gasteiger partial charge on any atom is -0.374 e. The molecule has 3 fully saturated rings. The number of morpholine rings is 1. The minimum absolute atomic E-state index is 0.444. The fourth-order valence-corrected chi connectivity index (χ4v) is 2.92. The van der Waals surface area contributed by atoms with E-state index in [-0.39, 0.29) is 0 Å². The van der Waals surface area contributed by atoms with Gasteiger partial charge in [0.2, 0.25) is 0 Å². The first kappa shape index (κ1) is 10.1. The molecule has 2 unspecified atom stereocenters. The third-order valence-corrected chi connectivity index (χ3v) is 4.20. The molecule has 86 valence electrons. The van der Waals surface area contributed by atoms with Gasteiger partial charge in [0, 0.05) is 25.2 Å². The van der Waals surface area contributed by atoms with Crippen LogP contribution in [0.3, 0.4) is 0 Å². The van der Waals surface area contributed by atoms with Gasteiger partial charge >= 0.3 is 0 Å². The van der Waals surface area contributed by atoms with Crippen LogP contribution in [0.15, 0.2) is 0 Å². The number of nitrogens with zero attached hydrogens (tertiary/aromatic N) is 1. The van der Waals surface area contributed by atoms with E-state index in [1.165, 1.54) is 38.6 Å². The van der Waals surface area contributed by atoms with Crippen molar-refractivity contribution in [1.29, 1.82) is 0 Å². The molecule has 0 radical (unpaired) electrons. The highest BCUT2D eigenvalue weighted by Gasteiger charge is 2.32. The molecule has 3 aliphatic rings. The number of rotatable bonds is 3. The summed E-state index contributed by atoms with van der Waals surface area (Å²) in [7, 11) is 0. The van der Waals surface area contributed by atoms with Crippen LogP contribution in [0.25, 0.3) is 0 Å². The van der Waals surface area contributed by atoms with Gasteiger partial charge in [-0.2, -0.15) is 0 Å². The van der Waals surface area contributed by atoms with Gasteiger partial charge in [-0.05, 0) is 32.2 Å². The highest BCUT2D eigenvalue weighted by Crippen LogP contribution is 2.23. The lowest BCUT2D eigenvalue weighted by Crippen LogP contribution is -2.51. The van der Waals surface area contributed by atoms with Crippen molar-refractivity contribution in [3.8, 4) is 0 Å². The monoisotopic (exact) mass is 210 g/mol. The van der Waals surface area contributed by atoms with Crippen LogP contribution in [0.1, 0.15) is 32.1 Å². The van der Waals surface area contributed by atoms with Gasteiger partial charge in [-0.3, -0.25) is 4.90 Å². The van der Waals surface area contributed by atoms with E-state index >= 15 is 0 Å². The van der Waals surface area contributed by atoms with Gasteiger partial charge in [0.1, 0.15) is 0 Å². The summed E-state index contributed by atoms with van der Waals surface area (Å²) in [4.78, 5) is 2.62. The third kappa shape index (κ3) is 2.19. The minimum atomic E-state index is 0.444. The first-order valence-electron chi connectivity index (χ1n) is 6.51. The van der Waals surface area contributed by atoms with Gasteiger partial charge in [-0.1, -0.05) is 6.42 Å². The first-order valence-corrected chi connectivity index (χ1v) is 6.51. The van der Waals surface area contributed by atoms with Crippen molar-refractivity contribution in [2.75, 3.05) is 26.2 Å². The normalized spacial score (nSPS) is 37.6. The molecule has 1 aliphatic carbocycles. The van der Waals surface area contributed by atoms with Crippen LogP contribution in [-0.2, 0) is 4.74 Å². The maximum Gasteiger partial charge on any atom is 0.0827 e. The van der Waals surface area contributed by atoms with Crippen molar-refractivity contribution >= 4 is 0 Å². The van der Waals surface area contributed by atoms with Gasteiger partial charge in [0.25, 0.3) is 0 Å². The number of hydrogen-bond acceptors (Lipinski definition) is 3. The molecule has 2 saturated heterocycles. The van der Waals surface area contributed by atoms with Gasteiger partial charge < -0.3 is 10.1 Å². The Morgan fingerprint density at radius 2 is 2.13 bits per heavy atom. The van der Waals surface area contributed by atoms with Gasteiger partial charge in [0.05, 0.1) is 12.7 Å². The van der Waals surface area contributed by atoms with E-state index in [2.05, 4.69) is 10.2 Å². The second-order valence-corrected chi connectivity index (χ2v) is 5.28. The van der Waals surface area contributed by atoms with E-state index in [1.54, 1.807) is 0 Å². The van der Waals surface area contributed by atoms with Gasteiger partial charge in [-0.15, -0.1) is 0 Å². The number of nitrogens with one attached hydrogen (secondary N) is 1. The Balaban J connectivity index is 1.42. The second kappa shape index (κ2) is 4.40. The van der Waals surface area contributed by atoms with Crippen molar-refractivity contribution in [1.82, 2.24) is 10.2 Å². The van der Waals surface area contributed by atoms with Crippen LogP contribution in [0, 0.1) is 0 Å². The summed E-state index contributed by atoms with van der Waals surface area (Å²) in [6, 6.07) is 1.54. The molecule has 1 N–H and O–H groups in total. The summed E-state index contributed by atoms with van der Waals surface area (Å²) >= 11 is 0. The van der Waals surface area contributed by atoms with Crippen molar-refractivity contribution < 1.29 is 4.74 Å². The van der Waals surface area contributed by atoms with Crippen LogP contribution < -0.4 is 5.32 Å². The van der Waals surface area contributed by atoms with Crippen molar-refractivity contribution in [3.05, 3.63) is 0 Å². The second-order valence-electron chi connectivity index (χ2n) is 5.28. The summed E-state index contributed by atoms with van der Waals surface area (Å²) in [5, 5.41) is 3.62. The molecule has 0 spiro atoms. The smallest absolute Gasteiger partial charge is 0.0827 e. The van der Waals surface area contributed by atoms with Crippen LogP contribution in [-0.4, -0.2) is 49.3 Å². The predicted molar refractivity (Wildman–Crippen MR) is 60.0 cm³/mol. The Morgan fingerprint density at radius 3 is 2.93 bits per heavy atom. The van der Waals surface area contributed by atoms with Gasteiger partial charge in [-0.25, -0.2) is 0 Å². The molecular formula is C12H22N2O. The SMILES string of the molecule is C1CC(NCC2CN3CCCC3CO2)C1. The standard InChI is InChI=1S/C12H22N2O/c1-3-10(4-1)13-7-12-8-14-6-2-5-11(14)9-15-12/h10-13H,1-9H2. The Bertz CT molecular complexity index is 218. The molecule has 3 heteroatoms. The Kier molecular flexibility index (Phi) is 2.95. The lowest BCUT2D eigenvalue weighted by molar-refractivity contribution is -0.0486. The molecule has 0 aromatic carbocycles. The Hall–Kier alpha value is -0.120. The van der Waals surface area contributed by atoms with Crippen molar-refractivity contribution in [3.63, 3.8) is 0 Å². The molecule has 2 atom stereocenters. The summed E-state index contributed by atoms with van der Waals surface area (Å²) < 4.78 is 5.91. The molecule has 2 aliphatic heterocycles. The Labute approximate surface area is 92.2 Å². The van der Waals surface area contributed by atoms with E-state index < -0.39 is 0 Å². The van der Waals surface area contributed by atoms with E-state index in [9.17, 15) is 0 Å². The number of hydrogen-bond donors (Lipinski definition) is 1. The van der Waals surface area contributed by atoms with Crippen molar-refractivity contribution in [2.24, 2.45) is 0 Å². The zero-order valence-corrected chi connectivity index (χ0v) is 9.45. The Morgan fingerprint density at radius 1 is 1.20 bits per heavy atom. The topological polar surface area (TPSA) is 24.5 Å². The summed E-state index contributed by atoms with van der Waals surface area (Å²) in [5.74, 6) is 0. The molecule has 2 heterocycles. The summed E-state index contributed by atoms with van der Waals surface area (Å²) in [6.07, 6.45) is 7.33. The molecule has 1 saturated carbocycles. The number of fused-ring (bicyclic) bond motifs is 1. The summed E-state index contributed by atoms with van der Waals surface area (Å²) in [5.41, 5.74) is 0. The van der Waals surface area contributed by atoms with E-state index in [4.69, 9.17) is 4.74 Å². The third-order valence-electron chi connectivity index (χ3n) is 4.20. The highest BCUT2D eigenvalue weighted by atomic mass is 16.5. The maximum absolute atomic E-state index is 5.91. The first-order chi connectivity index (χ1) is 7.42. The fourth-order valence-electron chi connectivity index (χ4n) is 2.92. The molecule has 0 bridgehead atoms. The average Bonchev–Trinajstić information content (AvgIpc) is 2.62. The van der Waals surface area contributed by atoms with Crippen LogP contribution in [0.2, 0.25) is 0 Å². The molecule has 15 heavy (non-hydrogen) atoms. The quantitative estimate of drug-likeness (QED) is 0.752. The van der Waals surface area contributed by atoms with Crippen LogP contribution >= 0.6 is 0 Å². The lowest BCUT2D eigenvalue weighted by atomic mass is 9.93. The molecule has 3 nitrogen and oxygen atoms in total. The maximum atomic E-state index is 5.91. The average molecular weight is 210 g/mol. The fraction of sp³-hybridized carbons (Fsp3) is 1.00. The van der Waals surface area contributed by atoms with Gasteiger partial charge in [0.15, 0.2) is 0 Å². The largest absolute Gasteiger partial charge is 0.374 e. The van der Waals surface area contributed by atoms with Crippen LogP contribution in [0.5, 0.6) is 0 Å².